The van der Waals surface area contributed by atoms with Gasteiger partial charge in [-0.25, -0.2) is 0 Å². The van der Waals surface area contributed by atoms with Crippen LogP contribution in [0.25, 0.3) is 11.6 Å². The second-order valence-corrected chi connectivity index (χ2v) is 7.37. The van der Waals surface area contributed by atoms with Gasteiger partial charge in [-0.3, -0.25) is 9.69 Å². The molecule has 1 N–H and O–H groups in total. The number of methoxy groups -OCH3 is 2. The molecule has 0 fully saturated rings. The molecule has 1 aliphatic heterocycles. The molecule has 1 aliphatic rings. The number of rotatable bonds is 4. The Bertz CT molecular complexity index is 1140. The third-order valence-electron chi connectivity index (χ3n) is 4.84. The van der Waals surface area contributed by atoms with Crippen molar-refractivity contribution < 1.29 is 19.4 Å². The Kier molecular flexibility index (Phi) is 5.33. The van der Waals surface area contributed by atoms with Crippen molar-refractivity contribution >= 4 is 52.1 Å². The number of hydrogen-bond donors (Lipinski definition) is 1. The number of aromatic hydroxyl groups is 1. The van der Waals surface area contributed by atoms with E-state index in [0.29, 0.717) is 32.6 Å². The fourth-order valence-corrected chi connectivity index (χ4v) is 4.04. The summed E-state index contributed by atoms with van der Waals surface area (Å²) in [6, 6.07) is 15.8. The first-order chi connectivity index (χ1) is 14.5. The van der Waals surface area contributed by atoms with Crippen LogP contribution in [-0.4, -0.2) is 25.2 Å². The topological polar surface area (TPSA) is 59.0 Å². The van der Waals surface area contributed by atoms with Crippen LogP contribution in [0.3, 0.4) is 0 Å². The summed E-state index contributed by atoms with van der Waals surface area (Å²) in [5, 5.41) is 10.9. The van der Waals surface area contributed by atoms with Gasteiger partial charge in [0.05, 0.1) is 41.2 Å². The van der Waals surface area contributed by atoms with E-state index in [2.05, 4.69) is 0 Å². The highest BCUT2D eigenvalue weighted by Gasteiger charge is 2.35. The lowest BCUT2D eigenvalue weighted by atomic mass is 10.0. The van der Waals surface area contributed by atoms with Crippen LogP contribution in [0.1, 0.15) is 11.1 Å². The van der Waals surface area contributed by atoms with Gasteiger partial charge in [-0.1, -0.05) is 47.5 Å². The number of anilines is 2. The minimum Gasteiger partial charge on any atom is -0.502 e. The third kappa shape index (κ3) is 3.26. The van der Waals surface area contributed by atoms with E-state index in [-0.39, 0.29) is 23.2 Å². The molecule has 0 bridgehead atoms. The number of carbonyl (C=O) groups is 1. The summed E-state index contributed by atoms with van der Waals surface area (Å²) >= 11 is 12.8. The monoisotopic (exact) mass is 441 g/mol. The van der Waals surface area contributed by atoms with Gasteiger partial charge >= 0.3 is 0 Å². The van der Waals surface area contributed by atoms with Gasteiger partial charge in [0.25, 0.3) is 5.91 Å². The van der Waals surface area contributed by atoms with Crippen LogP contribution in [-0.2, 0) is 4.79 Å². The summed E-state index contributed by atoms with van der Waals surface area (Å²) < 4.78 is 10.4. The molecule has 0 atom stereocenters. The van der Waals surface area contributed by atoms with Crippen molar-refractivity contribution in [2.75, 3.05) is 19.1 Å². The lowest BCUT2D eigenvalue weighted by molar-refractivity contribution is -0.112. The SMILES string of the molecule is COc1cc(/C=C2\C(=O)N(c3c(Cl)cccc3Cl)c3ccccc32)cc(OC)c1O. The van der Waals surface area contributed by atoms with E-state index < -0.39 is 0 Å². The first-order valence-electron chi connectivity index (χ1n) is 9.00. The summed E-state index contributed by atoms with van der Waals surface area (Å²) in [6.45, 7) is 0. The summed E-state index contributed by atoms with van der Waals surface area (Å²) in [5.41, 5.74) is 2.94. The van der Waals surface area contributed by atoms with Crippen LogP contribution >= 0.6 is 23.2 Å². The molecule has 0 unspecified atom stereocenters. The summed E-state index contributed by atoms with van der Waals surface area (Å²) in [7, 11) is 2.89. The first-order valence-corrected chi connectivity index (χ1v) is 9.76. The third-order valence-corrected chi connectivity index (χ3v) is 5.45. The van der Waals surface area contributed by atoms with Gasteiger partial charge in [-0.2, -0.15) is 0 Å². The van der Waals surface area contributed by atoms with Crippen molar-refractivity contribution in [3.05, 3.63) is 75.8 Å². The minimum absolute atomic E-state index is 0.107. The average Bonchev–Trinajstić information content (AvgIpc) is 3.01. The van der Waals surface area contributed by atoms with Gasteiger partial charge in [0.2, 0.25) is 5.75 Å². The first kappa shape index (κ1) is 20.1. The highest BCUT2D eigenvalue weighted by molar-refractivity contribution is 6.44. The number of nitrogens with zero attached hydrogens (tertiary/aromatic N) is 1. The molecule has 0 saturated heterocycles. The molecule has 30 heavy (non-hydrogen) atoms. The zero-order valence-corrected chi connectivity index (χ0v) is 17.7. The molecule has 152 valence electrons. The van der Waals surface area contributed by atoms with E-state index in [1.54, 1.807) is 36.4 Å². The molecule has 4 rings (SSSR count). The van der Waals surface area contributed by atoms with Crippen LogP contribution in [0.2, 0.25) is 10.0 Å². The van der Waals surface area contributed by atoms with Crippen molar-refractivity contribution in [1.29, 1.82) is 0 Å². The van der Waals surface area contributed by atoms with E-state index in [4.69, 9.17) is 32.7 Å². The maximum absolute atomic E-state index is 13.5. The molecule has 0 saturated carbocycles. The number of hydrogen-bond acceptors (Lipinski definition) is 4. The number of amides is 1. The molecule has 3 aromatic carbocycles. The molecule has 0 aromatic heterocycles. The lowest BCUT2D eigenvalue weighted by Crippen LogP contribution is -2.21. The number of ether oxygens (including phenoxy) is 2. The predicted octanol–water partition coefficient (Wildman–Crippen LogP) is 5.94. The number of para-hydroxylation sites is 2. The largest absolute Gasteiger partial charge is 0.502 e. The van der Waals surface area contributed by atoms with E-state index in [1.165, 1.54) is 19.1 Å². The van der Waals surface area contributed by atoms with Crippen molar-refractivity contribution in [2.45, 2.75) is 0 Å². The number of halogens is 2. The fourth-order valence-electron chi connectivity index (χ4n) is 3.47. The van der Waals surface area contributed by atoms with Crippen molar-refractivity contribution in [2.24, 2.45) is 0 Å². The molecular weight excluding hydrogens is 425 g/mol. The van der Waals surface area contributed by atoms with Crippen molar-refractivity contribution in [1.82, 2.24) is 0 Å². The minimum atomic E-state index is -0.266. The molecule has 7 heteroatoms. The Morgan fingerprint density at radius 1 is 0.933 bits per heavy atom. The number of carbonyl (C=O) groups excluding carboxylic acids is 1. The van der Waals surface area contributed by atoms with E-state index in [1.807, 2.05) is 24.3 Å². The number of fused-ring (bicyclic) bond motifs is 1. The summed E-state index contributed by atoms with van der Waals surface area (Å²) in [5.74, 6) is 0.110. The van der Waals surface area contributed by atoms with Gasteiger partial charge in [0, 0.05) is 5.56 Å². The Labute approximate surface area is 183 Å². The zero-order valence-electron chi connectivity index (χ0n) is 16.1. The summed E-state index contributed by atoms with van der Waals surface area (Å²) in [4.78, 5) is 15.0. The normalized spacial score (nSPS) is 14.2. The molecule has 5 nitrogen and oxygen atoms in total. The standard InChI is InChI=1S/C23H17Cl2NO4/c1-29-19-11-13(12-20(30-2)22(19)27)10-15-14-6-3-4-9-18(14)26(23(15)28)21-16(24)7-5-8-17(21)25/h3-12,27H,1-2H3/b15-10-. The maximum atomic E-state index is 13.5. The molecule has 1 amide bonds. The predicted molar refractivity (Wildman–Crippen MR) is 119 cm³/mol. The highest BCUT2D eigenvalue weighted by Crippen LogP contribution is 2.47. The molecule has 3 aromatic rings. The Hall–Kier alpha value is -3.15. The zero-order chi connectivity index (χ0) is 21.4. The number of phenolic OH excluding ortho intramolecular Hbond substituents is 1. The van der Waals surface area contributed by atoms with E-state index >= 15 is 0 Å². The molecule has 1 heterocycles. The van der Waals surface area contributed by atoms with E-state index in [0.717, 1.165) is 5.56 Å². The lowest BCUT2D eigenvalue weighted by Gasteiger charge is -2.20. The van der Waals surface area contributed by atoms with Crippen LogP contribution < -0.4 is 14.4 Å². The second-order valence-electron chi connectivity index (χ2n) is 6.56. The quantitative estimate of drug-likeness (QED) is 0.509. The van der Waals surface area contributed by atoms with Crippen molar-refractivity contribution in [3.8, 4) is 17.2 Å². The van der Waals surface area contributed by atoms with Gasteiger partial charge in [0.15, 0.2) is 11.5 Å². The Morgan fingerprint density at radius 2 is 1.53 bits per heavy atom. The maximum Gasteiger partial charge on any atom is 0.263 e. The van der Waals surface area contributed by atoms with Gasteiger partial charge in [-0.05, 0) is 42.0 Å². The molecule has 0 radical (unpaired) electrons. The molecule has 0 aliphatic carbocycles. The van der Waals surface area contributed by atoms with Gasteiger partial charge < -0.3 is 14.6 Å². The Balaban J connectivity index is 1.90. The average molecular weight is 442 g/mol. The Morgan fingerprint density at radius 3 is 2.13 bits per heavy atom. The summed E-state index contributed by atoms with van der Waals surface area (Å²) in [6.07, 6.45) is 1.72. The fraction of sp³-hybridized carbons (Fsp3) is 0.0870. The number of phenols is 1. The van der Waals surface area contributed by atoms with Crippen LogP contribution in [0, 0.1) is 0 Å². The second kappa shape index (κ2) is 7.94. The highest BCUT2D eigenvalue weighted by atomic mass is 35.5. The molecule has 0 spiro atoms. The van der Waals surface area contributed by atoms with Gasteiger partial charge in [-0.15, -0.1) is 0 Å². The molecular formula is C23H17Cl2NO4. The van der Waals surface area contributed by atoms with E-state index in [9.17, 15) is 9.90 Å². The van der Waals surface area contributed by atoms with Crippen molar-refractivity contribution in [3.63, 3.8) is 0 Å². The van der Waals surface area contributed by atoms with Crippen LogP contribution in [0.4, 0.5) is 11.4 Å². The smallest absolute Gasteiger partial charge is 0.263 e. The van der Waals surface area contributed by atoms with Crippen LogP contribution in [0.5, 0.6) is 17.2 Å². The van der Waals surface area contributed by atoms with Crippen LogP contribution in [0.15, 0.2) is 54.6 Å². The van der Waals surface area contributed by atoms with Gasteiger partial charge in [0.1, 0.15) is 0 Å². The number of benzene rings is 3.